The number of hydrogen-bond acceptors (Lipinski definition) is 4. The summed E-state index contributed by atoms with van der Waals surface area (Å²) in [7, 11) is 0.894. The van der Waals surface area contributed by atoms with Crippen LogP contribution in [0.15, 0.2) is 53.4 Å². The van der Waals surface area contributed by atoms with E-state index in [2.05, 4.69) is 0 Å². The fourth-order valence-corrected chi connectivity index (χ4v) is 3.21. The maximum absolute atomic E-state index is 12.4. The Labute approximate surface area is 148 Å². The Hall–Kier alpha value is -2.44. The lowest BCUT2D eigenvalue weighted by molar-refractivity contribution is 0.104. The molecule has 5 nitrogen and oxygen atoms in total. The third kappa shape index (κ3) is 4.35. The summed E-state index contributed by atoms with van der Waals surface area (Å²) in [6, 6.07) is 11.7. The molecular weight excluding hydrogens is 338 g/mol. The maximum Gasteiger partial charge on any atom is 0.242 e. The van der Waals surface area contributed by atoms with Crippen LogP contribution in [0.2, 0.25) is 0 Å². The van der Waals surface area contributed by atoms with Gasteiger partial charge in [0.1, 0.15) is 5.75 Å². The van der Waals surface area contributed by atoms with Gasteiger partial charge in [0.15, 0.2) is 5.78 Å². The molecule has 0 aliphatic rings. The van der Waals surface area contributed by atoms with E-state index < -0.39 is 10.0 Å². The van der Waals surface area contributed by atoms with E-state index in [1.807, 2.05) is 25.1 Å². The molecule has 2 aromatic carbocycles. The molecule has 0 saturated carbocycles. The van der Waals surface area contributed by atoms with Crippen molar-refractivity contribution in [3.8, 4) is 5.75 Å². The van der Waals surface area contributed by atoms with E-state index in [0.29, 0.717) is 11.3 Å². The first-order chi connectivity index (χ1) is 11.8. The van der Waals surface area contributed by atoms with Gasteiger partial charge in [-0.2, -0.15) is 0 Å². The number of hydrogen-bond donors (Lipinski definition) is 0. The number of allylic oxidation sites excluding steroid dienone is 1. The molecule has 0 amide bonds. The van der Waals surface area contributed by atoms with Crippen molar-refractivity contribution in [2.24, 2.45) is 0 Å². The van der Waals surface area contributed by atoms with Crippen molar-refractivity contribution in [1.29, 1.82) is 0 Å². The van der Waals surface area contributed by atoms with Crippen LogP contribution in [0.3, 0.4) is 0 Å². The first kappa shape index (κ1) is 18.9. The maximum atomic E-state index is 12.4. The van der Waals surface area contributed by atoms with E-state index in [0.717, 1.165) is 15.4 Å². The summed E-state index contributed by atoms with van der Waals surface area (Å²) in [6.45, 7) is 1.95. The monoisotopic (exact) mass is 359 g/mol. The van der Waals surface area contributed by atoms with Gasteiger partial charge in [-0.25, -0.2) is 12.7 Å². The molecule has 0 aliphatic carbocycles. The second-order valence-corrected chi connectivity index (χ2v) is 7.91. The fourth-order valence-electron chi connectivity index (χ4n) is 2.27. The van der Waals surface area contributed by atoms with E-state index in [1.54, 1.807) is 25.3 Å². The molecule has 25 heavy (non-hydrogen) atoms. The van der Waals surface area contributed by atoms with Crippen molar-refractivity contribution < 1.29 is 17.9 Å². The summed E-state index contributed by atoms with van der Waals surface area (Å²) in [6.07, 6.45) is 3.08. The van der Waals surface area contributed by atoms with Gasteiger partial charge in [-0.1, -0.05) is 23.8 Å². The standard InChI is InChI=1S/C19H21NO4S/c1-14-8-11-19(24-4)16(12-14)9-10-18(21)15-6-5-7-17(13-15)25(22,23)20(2)3/h5-13H,1-4H3/b10-9+. The molecule has 0 bridgehead atoms. The smallest absolute Gasteiger partial charge is 0.242 e. The molecule has 0 aliphatic heterocycles. The number of methoxy groups -OCH3 is 1. The summed E-state index contributed by atoms with van der Waals surface area (Å²) in [5, 5.41) is 0. The van der Waals surface area contributed by atoms with Gasteiger partial charge in [-0.05, 0) is 43.3 Å². The third-order valence-corrected chi connectivity index (χ3v) is 5.51. The van der Waals surface area contributed by atoms with Gasteiger partial charge in [0.2, 0.25) is 10.0 Å². The second-order valence-electron chi connectivity index (χ2n) is 5.76. The molecule has 0 heterocycles. The highest BCUT2D eigenvalue weighted by atomic mass is 32.2. The van der Waals surface area contributed by atoms with Crippen LogP contribution in [-0.4, -0.2) is 39.7 Å². The van der Waals surface area contributed by atoms with Gasteiger partial charge in [-0.3, -0.25) is 4.79 Å². The van der Waals surface area contributed by atoms with Gasteiger partial charge >= 0.3 is 0 Å². The van der Waals surface area contributed by atoms with E-state index in [9.17, 15) is 13.2 Å². The number of carbonyl (C=O) groups is 1. The Kier molecular flexibility index (Phi) is 5.77. The van der Waals surface area contributed by atoms with Crippen LogP contribution < -0.4 is 4.74 Å². The first-order valence-electron chi connectivity index (χ1n) is 7.65. The predicted molar refractivity (Wildman–Crippen MR) is 98.4 cm³/mol. The summed E-state index contributed by atoms with van der Waals surface area (Å²) in [5.41, 5.74) is 2.14. The number of benzene rings is 2. The number of carbonyl (C=O) groups excluding carboxylic acids is 1. The molecule has 0 radical (unpaired) electrons. The lowest BCUT2D eigenvalue weighted by Crippen LogP contribution is -2.22. The largest absolute Gasteiger partial charge is 0.496 e. The summed E-state index contributed by atoms with van der Waals surface area (Å²) >= 11 is 0. The summed E-state index contributed by atoms with van der Waals surface area (Å²) < 4.78 is 30.8. The van der Waals surface area contributed by atoms with Crippen molar-refractivity contribution in [3.05, 3.63) is 65.2 Å². The van der Waals surface area contributed by atoms with Crippen LogP contribution in [0.4, 0.5) is 0 Å². The minimum atomic E-state index is -3.58. The van der Waals surface area contributed by atoms with Crippen LogP contribution in [-0.2, 0) is 10.0 Å². The van der Waals surface area contributed by atoms with Crippen LogP contribution in [0.1, 0.15) is 21.5 Å². The lowest BCUT2D eigenvalue weighted by atomic mass is 10.1. The van der Waals surface area contributed by atoms with Crippen molar-refractivity contribution in [3.63, 3.8) is 0 Å². The molecule has 0 fully saturated rings. The quantitative estimate of drug-likeness (QED) is 0.587. The van der Waals surface area contributed by atoms with Gasteiger partial charge in [-0.15, -0.1) is 0 Å². The molecule has 0 atom stereocenters. The molecule has 2 aromatic rings. The second kappa shape index (κ2) is 7.63. The Balaban J connectivity index is 2.32. The number of sulfonamides is 1. The van der Waals surface area contributed by atoms with Crippen LogP contribution in [0.25, 0.3) is 6.08 Å². The van der Waals surface area contributed by atoms with Crippen LogP contribution >= 0.6 is 0 Å². The van der Waals surface area contributed by atoms with Crippen molar-refractivity contribution in [2.75, 3.05) is 21.2 Å². The van der Waals surface area contributed by atoms with E-state index >= 15 is 0 Å². The first-order valence-corrected chi connectivity index (χ1v) is 9.09. The zero-order valence-corrected chi connectivity index (χ0v) is 15.5. The van der Waals surface area contributed by atoms with E-state index in [-0.39, 0.29) is 10.7 Å². The van der Waals surface area contributed by atoms with Crippen molar-refractivity contribution in [2.45, 2.75) is 11.8 Å². The van der Waals surface area contributed by atoms with Gasteiger partial charge in [0, 0.05) is 25.2 Å². The molecule has 6 heteroatoms. The zero-order chi connectivity index (χ0) is 18.6. The average Bonchev–Trinajstić information content (AvgIpc) is 2.59. The normalized spacial score (nSPS) is 11.9. The Morgan fingerprint density at radius 3 is 2.48 bits per heavy atom. The minimum Gasteiger partial charge on any atom is -0.496 e. The summed E-state index contributed by atoms with van der Waals surface area (Å²) in [4.78, 5) is 12.5. The predicted octanol–water partition coefficient (Wildman–Crippen LogP) is 3.15. The highest BCUT2D eigenvalue weighted by Crippen LogP contribution is 2.22. The highest BCUT2D eigenvalue weighted by molar-refractivity contribution is 7.89. The van der Waals surface area contributed by atoms with E-state index in [4.69, 9.17) is 4.74 Å². The van der Waals surface area contributed by atoms with Gasteiger partial charge in [0.05, 0.1) is 12.0 Å². The Morgan fingerprint density at radius 2 is 1.84 bits per heavy atom. The number of nitrogens with zero attached hydrogens (tertiary/aromatic N) is 1. The molecule has 0 unspecified atom stereocenters. The van der Waals surface area contributed by atoms with E-state index in [1.165, 1.54) is 32.3 Å². The molecule has 132 valence electrons. The number of aryl methyl sites for hydroxylation is 1. The summed E-state index contributed by atoms with van der Waals surface area (Å²) in [5.74, 6) is 0.387. The zero-order valence-electron chi connectivity index (χ0n) is 14.7. The molecule has 0 saturated heterocycles. The van der Waals surface area contributed by atoms with Gasteiger partial charge in [0.25, 0.3) is 0 Å². The fraction of sp³-hybridized carbons (Fsp3) is 0.211. The molecule has 2 rings (SSSR count). The Bertz CT molecular complexity index is 915. The van der Waals surface area contributed by atoms with Crippen molar-refractivity contribution >= 4 is 21.9 Å². The van der Waals surface area contributed by atoms with Crippen LogP contribution in [0, 0.1) is 6.92 Å². The molecular formula is C19H21NO4S. The number of rotatable bonds is 6. The SMILES string of the molecule is COc1ccc(C)cc1/C=C/C(=O)c1cccc(S(=O)(=O)N(C)C)c1. The Morgan fingerprint density at radius 1 is 1.12 bits per heavy atom. The van der Waals surface area contributed by atoms with Gasteiger partial charge < -0.3 is 4.74 Å². The number of ether oxygens (including phenoxy) is 1. The minimum absolute atomic E-state index is 0.0879. The highest BCUT2D eigenvalue weighted by Gasteiger charge is 2.18. The molecule has 0 spiro atoms. The third-order valence-electron chi connectivity index (χ3n) is 3.70. The molecule has 0 N–H and O–H groups in total. The average molecular weight is 359 g/mol. The topological polar surface area (TPSA) is 63.7 Å². The lowest BCUT2D eigenvalue weighted by Gasteiger charge is -2.11. The number of ketones is 1. The molecule has 0 aromatic heterocycles. The van der Waals surface area contributed by atoms with Crippen molar-refractivity contribution in [1.82, 2.24) is 4.31 Å². The van der Waals surface area contributed by atoms with Crippen LogP contribution in [0.5, 0.6) is 5.75 Å².